The lowest BCUT2D eigenvalue weighted by atomic mass is 10.0. The zero-order valence-corrected chi connectivity index (χ0v) is 52.0. The third kappa shape index (κ3) is 64.3. The molecule has 0 aromatic carbocycles. The molecule has 6 heteroatoms. The number of ether oxygens (including phenoxy) is 3. The second kappa shape index (κ2) is 66.1. The maximum Gasteiger partial charge on any atom is 0.306 e. The second-order valence-corrected chi connectivity index (χ2v) is 23.4. The van der Waals surface area contributed by atoms with E-state index in [0.717, 1.165) is 96.3 Å². The van der Waals surface area contributed by atoms with Gasteiger partial charge >= 0.3 is 17.9 Å². The Bertz CT molecular complexity index is 1290. The molecule has 0 aliphatic carbocycles. The Morgan fingerprint density at radius 2 is 0.506 bits per heavy atom. The van der Waals surface area contributed by atoms with Crippen LogP contribution in [-0.2, 0) is 28.6 Å². The molecule has 0 aliphatic heterocycles. The monoisotopic (exact) mass is 1080 g/mol. The van der Waals surface area contributed by atoms with Crippen LogP contribution < -0.4 is 0 Å². The molecule has 452 valence electrons. The van der Waals surface area contributed by atoms with Crippen molar-refractivity contribution in [3.05, 3.63) is 36.5 Å². The number of unbranched alkanes of at least 4 members (excludes halogenated alkanes) is 47. The normalized spacial score (nSPS) is 12.2. The van der Waals surface area contributed by atoms with E-state index in [9.17, 15) is 14.4 Å². The molecule has 0 fully saturated rings. The summed E-state index contributed by atoms with van der Waals surface area (Å²) in [7, 11) is 0. The molecule has 1 atom stereocenters. The highest BCUT2D eigenvalue weighted by Crippen LogP contribution is 2.19. The summed E-state index contributed by atoms with van der Waals surface area (Å²) in [6, 6.07) is 0. The Morgan fingerprint density at radius 3 is 0.792 bits per heavy atom. The van der Waals surface area contributed by atoms with Gasteiger partial charge in [0, 0.05) is 19.3 Å². The molecule has 0 aromatic heterocycles. The first-order valence-corrected chi connectivity index (χ1v) is 34.5. The number of carbonyl (C=O) groups excluding carboxylic acids is 3. The Hall–Kier alpha value is -2.37. The lowest BCUT2D eigenvalue weighted by molar-refractivity contribution is -0.167. The van der Waals surface area contributed by atoms with E-state index in [1.807, 2.05) is 0 Å². The van der Waals surface area contributed by atoms with Crippen molar-refractivity contribution in [3.8, 4) is 0 Å². The lowest BCUT2D eigenvalue weighted by Crippen LogP contribution is -2.30. The van der Waals surface area contributed by atoms with Gasteiger partial charge in [-0.25, -0.2) is 0 Å². The van der Waals surface area contributed by atoms with Gasteiger partial charge in [0.05, 0.1) is 0 Å². The maximum absolute atomic E-state index is 12.9. The molecular weight excluding hydrogens is 949 g/mol. The minimum absolute atomic E-state index is 0.0744. The van der Waals surface area contributed by atoms with Crippen LogP contribution >= 0.6 is 0 Å². The number of esters is 3. The van der Waals surface area contributed by atoms with E-state index in [1.165, 1.54) is 244 Å². The molecular formula is C71H132O6. The molecule has 0 spiro atoms. The van der Waals surface area contributed by atoms with Crippen molar-refractivity contribution >= 4 is 17.9 Å². The molecule has 0 bridgehead atoms. The smallest absolute Gasteiger partial charge is 0.306 e. The van der Waals surface area contributed by atoms with E-state index in [0.29, 0.717) is 19.3 Å². The number of rotatable bonds is 64. The standard InChI is InChI=1S/C71H132O6/c1-4-7-10-13-16-19-22-24-26-27-28-29-30-31-32-33-34-35-36-37-38-39-40-41-42-43-44-46-47-49-52-55-58-61-64-70(73)76-67-68(66-75-69(72)63-60-57-54-51-21-18-15-12-9-6-3)77-71(74)65-62-59-56-53-50-48-45-25-23-20-17-14-11-8-5-2/h8,11,17,20,25,45,68H,4-7,9-10,12-16,18-19,21-24,26-44,46-67H2,1-3H3/b11-8-,20-17-,45-25-. The van der Waals surface area contributed by atoms with Crippen LogP contribution in [0, 0.1) is 0 Å². The molecule has 0 amide bonds. The average molecular weight is 1080 g/mol. The molecule has 0 saturated heterocycles. The van der Waals surface area contributed by atoms with Gasteiger partial charge in [0.25, 0.3) is 0 Å². The van der Waals surface area contributed by atoms with Crippen LogP contribution in [0.5, 0.6) is 0 Å². The SMILES string of the molecule is CC/C=C\C/C=C\C/C=C\CCCCCCCC(=O)OC(COC(=O)CCCCCCCCCCCC)COC(=O)CCCCCCCCCCCCCCCCCCCCCCCCCCCCCCCCCCCC. The second-order valence-electron chi connectivity index (χ2n) is 23.4. The predicted molar refractivity (Wildman–Crippen MR) is 335 cm³/mol. The first kappa shape index (κ1) is 74.6. The first-order valence-electron chi connectivity index (χ1n) is 34.5. The van der Waals surface area contributed by atoms with Gasteiger partial charge in [-0.05, 0) is 51.4 Å². The van der Waals surface area contributed by atoms with Gasteiger partial charge in [-0.15, -0.1) is 0 Å². The van der Waals surface area contributed by atoms with Crippen molar-refractivity contribution in [2.75, 3.05) is 13.2 Å². The quantitative estimate of drug-likeness (QED) is 0.0261. The molecule has 0 rings (SSSR count). The summed E-state index contributed by atoms with van der Waals surface area (Å²) in [6.45, 7) is 6.56. The molecule has 0 N–H and O–H groups in total. The highest BCUT2D eigenvalue weighted by atomic mass is 16.6. The van der Waals surface area contributed by atoms with Gasteiger partial charge in [-0.1, -0.05) is 346 Å². The minimum Gasteiger partial charge on any atom is -0.462 e. The Morgan fingerprint density at radius 1 is 0.273 bits per heavy atom. The Labute approximate surface area is 480 Å². The summed E-state index contributed by atoms with van der Waals surface area (Å²) in [5, 5.41) is 0. The van der Waals surface area contributed by atoms with Crippen LogP contribution in [0.15, 0.2) is 36.5 Å². The summed E-state index contributed by atoms with van der Waals surface area (Å²) in [5.41, 5.74) is 0. The van der Waals surface area contributed by atoms with Crippen molar-refractivity contribution < 1.29 is 28.6 Å². The molecule has 77 heavy (non-hydrogen) atoms. The Balaban J connectivity index is 3.99. The number of hydrogen-bond donors (Lipinski definition) is 0. The molecule has 0 aliphatic rings. The molecule has 0 saturated carbocycles. The predicted octanol–water partition coefficient (Wildman–Crippen LogP) is 23.6. The Kier molecular flexibility index (Phi) is 64.1. The fraction of sp³-hybridized carbons (Fsp3) is 0.873. The van der Waals surface area contributed by atoms with Gasteiger partial charge in [0.1, 0.15) is 13.2 Å². The third-order valence-electron chi connectivity index (χ3n) is 15.7. The summed E-state index contributed by atoms with van der Waals surface area (Å²) in [6.07, 6.45) is 82.1. The van der Waals surface area contributed by atoms with Gasteiger partial charge < -0.3 is 14.2 Å². The molecule has 1 unspecified atom stereocenters. The van der Waals surface area contributed by atoms with E-state index < -0.39 is 6.10 Å². The number of carbonyl (C=O) groups is 3. The molecule has 0 aromatic rings. The lowest BCUT2D eigenvalue weighted by Gasteiger charge is -2.18. The van der Waals surface area contributed by atoms with E-state index in [2.05, 4.69) is 57.2 Å². The van der Waals surface area contributed by atoms with E-state index >= 15 is 0 Å². The zero-order valence-electron chi connectivity index (χ0n) is 52.0. The summed E-state index contributed by atoms with van der Waals surface area (Å²) in [4.78, 5) is 38.2. The zero-order chi connectivity index (χ0) is 55.7. The van der Waals surface area contributed by atoms with Crippen LogP contribution in [0.3, 0.4) is 0 Å². The third-order valence-corrected chi connectivity index (χ3v) is 15.7. The largest absolute Gasteiger partial charge is 0.462 e. The van der Waals surface area contributed by atoms with Crippen LogP contribution in [0.2, 0.25) is 0 Å². The van der Waals surface area contributed by atoms with Crippen LogP contribution in [0.4, 0.5) is 0 Å². The number of hydrogen-bond acceptors (Lipinski definition) is 6. The average Bonchev–Trinajstić information content (AvgIpc) is 3.43. The van der Waals surface area contributed by atoms with Crippen molar-refractivity contribution in [2.24, 2.45) is 0 Å². The molecule has 0 heterocycles. The van der Waals surface area contributed by atoms with Crippen molar-refractivity contribution in [1.29, 1.82) is 0 Å². The van der Waals surface area contributed by atoms with Crippen molar-refractivity contribution in [1.82, 2.24) is 0 Å². The van der Waals surface area contributed by atoms with Gasteiger partial charge in [0.2, 0.25) is 0 Å². The van der Waals surface area contributed by atoms with E-state index in [4.69, 9.17) is 14.2 Å². The molecule has 0 radical (unpaired) electrons. The topological polar surface area (TPSA) is 78.9 Å². The summed E-state index contributed by atoms with van der Waals surface area (Å²) in [5.74, 6) is -0.871. The van der Waals surface area contributed by atoms with Crippen LogP contribution in [-0.4, -0.2) is 37.2 Å². The van der Waals surface area contributed by atoms with Crippen molar-refractivity contribution in [2.45, 2.75) is 386 Å². The number of allylic oxidation sites excluding steroid dienone is 6. The first-order chi connectivity index (χ1) is 38.0. The van der Waals surface area contributed by atoms with Crippen molar-refractivity contribution in [3.63, 3.8) is 0 Å². The van der Waals surface area contributed by atoms with Gasteiger partial charge in [0.15, 0.2) is 6.10 Å². The van der Waals surface area contributed by atoms with Crippen LogP contribution in [0.25, 0.3) is 0 Å². The molecule has 6 nitrogen and oxygen atoms in total. The fourth-order valence-corrected chi connectivity index (χ4v) is 10.5. The fourth-order valence-electron chi connectivity index (χ4n) is 10.5. The van der Waals surface area contributed by atoms with E-state index in [1.54, 1.807) is 0 Å². The van der Waals surface area contributed by atoms with E-state index in [-0.39, 0.29) is 31.1 Å². The van der Waals surface area contributed by atoms with Gasteiger partial charge in [-0.3, -0.25) is 14.4 Å². The minimum atomic E-state index is -0.777. The summed E-state index contributed by atoms with van der Waals surface area (Å²) < 4.78 is 16.9. The highest BCUT2D eigenvalue weighted by Gasteiger charge is 2.19. The van der Waals surface area contributed by atoms with Crippen LogP contribution in [0.1, 0.15) is 380 Å². The van der Waals surface area contributed by atoms with Gasteiger partial charge in [-0.2, -0.15) is 0 Å². The highest BCUT2D eigenvalue weighted by molar-refractivity contribution is 5.71. The maximum atomic E-state index is 12.9. The summed E-state index contributed by atoms with van der Waals surface area (Å²) >= 11 is 0.